The standard InChI is InChI=1S/C17H18N2O5S/c20-15-6-4-14(5-7-15)18-8-10-19(11-9-18)25(23,24)16-3-1-2-13(12-16)17(21)22/h1-7,12,20H,8-11H2,(H,21,22). The third-order valence-corrected chi connectivity index (χ3v) is 6.07. The summed E-state index contributed by atoms with van der Waals surface area (Å²) in [7, 11) is -3.73. The van der Waals surface area contributed by atoms with Crippen LogP contribution in [-0.2, 0) is 10.0 Å². The minimum Gasteiger partial charge on any atom is -0.508 e. The Morgan fingerprint density at radius 2 is 1.60 bits per heavy atom. The Morgan fingerprint density at radius 1 is 0.960 bits per heavy atom. The van der Waals surface area contributed by atoms with Gasteiger partial charge in [0.15, 0.2) is 0 Å². The summed E-state index contributed by atoms with van der Waals surface area (Å²) in [6.07, 6.45) is 0. The molecule has 2 aromatic rings. The van der Waals surface area contributed by atoms with Gasteiger partial charge in [0.2, 0.25) is 10.0 Å². The van der Waals surface area contributed by atoms with Gasteiger partial charge in [-0.05, 0) is 42.5 Å². The molecule has 2 aromatic carbocycles. The smallest absolute Gasteiger partial charge is 0.335 e. The summed E-state index contributed by atoms with van der Waals surface area (Å²) in [5, 5.41) is 18.4. The maximum atomic E-state index is 12.7. The van der Waals surface area contributed by atoms with Crippen LogP contribution in [0.4, 0.5) is 5.69 Å². The van der Waals surface area contributed by atoms with Crippen LogP contribution in [0.2, 0.25) is 0 Å². The molecule has 0 amide bonds. The number of aromatic carboxylic acids is 1. The lowest BCUT2D eigenvalue weighted by molar-refractivity contribution is 0.0696. The number of anilines is 1. The normalized spacial score (nSPS) is 15.9. The molecule has 0 aromatic heterocycles. The predicted molar refractivity (Wildman–Crippen MR) is 92.5 cm³/mol. The maximum Gasteiger partial charge on any atom is 0.335 e. The first-order chi connectivity index (χ1) is 11.9. The summed E-state index contributed by atoms with van der Waals surface area (Å²) in [6, 6.07) is 12.2. The summed E-state index contributed by atoms with van der Waals surface area (Å²) in [4.78, 5) is 13.1. The second kappa shape index (κ2) is 6.73. The fourth-order valence-corrected chi connectivity index (χ4v) is 4.26. The molecule has 1 aliphatic heterocycles. The number of hydrogen-bond donors (Lipinski definition) is 2. The van der Waals surface area contributed by atoms with Crippen LogP contribution < -0.4 is 4.90 Å². The van der Waals surface area contributed by atoms with E-state index in [2.05, 4.69) is 0 Å². The molecule has 8 heteroatoms. The van der Waals surface area contributed by atoms with Gasteiger partial charge in [-0.15, -0.1) is 0 Å². The quantitative estimate of drug-likeness (QED) is 0.857. The van der Waals surface area contributed by atoms with Gasteiger partial charge in [-0.1, -0.05) is 6.07 Å². The molecule has 3 rings (SSSR count). The Morgan fingerprint density at radius 3 is 2.20 bits per heavy atom. The molecule has 1 fully saturated rings. The second-order valence-corrected chi connectivity index (χ2v) is 7.68. The van der Waals surface area contributed by atoms with Gasteiger partial charge in [0.1, 0.15) is 5.75 Å². The number of sulfonamides is 1. The van der Waals surface area contributed by atoms with E-state index in [4.69, 9.17) is 5.11 Å². The first kappa shape index (κ1) is 17.2. The minimum absolute atomic E-state index is 0.00881. The SMILES string of the molecule is O=C(O)c1cccc(S(=O)(=O)N2CCN(c3ccc(O)cc3)CC2)c1. The Hall–Kier alpha value is -2.58. The van der Waals surface area contributed by atoms with Gasteiger partial charge in [0.25, 0.3) is 0 Å². The van der Waals surface area contributed by atoms with Crippen LogP contribution in [0.5, 0.6) is 5.75 Å². The Bertz CT molecular complexity index is 872. The van der Waals surface area contributed by atoms with Crippen molar-refractivity contribution < 1.29 is 23.4 Å². The Labute approximate surface area is 145 Å². The fourth-order valence-electron chi connectivity index (χ4n) is 2.79. The average molecular weight is 362 g/mol. The lowest BCUT2D eigenvalue weighted by Crippen LogP contribution is -2.48. The topological polar surface area (TPSA) is 98.1 Å². The zero-order valence-corrected chi connectivity index (χ0v) is 14.2. The molecule has 0 atom stereocenters. The van der Waals surface area contributed by atoms with E-state index in [0.717, 1.165) is 5.69 Å². The van der Waals surface area contributed by atoms with E-state index < -0.39 is 16.0 Å². The zero-order valence-electron chi connectivity index (χ0n) is 13.4. The predicted octanol–water partition coefficient (Wildman–Crippen LogP) is 1.60. The van der Waals surface area contributed by atoms with E-state index in [1.165, 1.54) is 28.6 Å². The zero-order chi connectivity index (χ0) is 18.0. The highest BCUT2D eigenvalue weighted by Gasteiger charge is 2.29. The highest BCUT2D eigenvalue weighted by molar-refractivity contribution is 7.89. The third kappa shape index (κ3) is 3.59. The third-order valence-electron chi connectivity index (χ3n) is 4.17. The molecular formula is C17H18N2O5S. The van der Waals surface area contributed by atoms with E-state index in [1.807, 2.05) is 4.90 Å². The number of carboxylic acids is 1. The van der Waals surface area contributed by atoms with E-state index in [0.29, 0.717) is 26.2 Å². The molecule has 0 radical (unpaired) electrons. The number of phenols is 1. The Kier molecular flexibility index (Phi) is 4.65. The van der Waals surface area contributed by atoms with Crippen molar-refractivity contribution in [1.82, 2.24) is 4.31 Å². The van der Waals surface area contributed by atoms with E-state index in [1.54, 1.807) is 24.3 Å². The molecule has 1 aliphatic rings. The number of carboxylic acid groups (broad SMARTS) is 1. The Balaban J connectivity index is 1.74. The van der Waals surface area contributed by atoms with Crippen LogP contribution in [-0.4, -0.2) is 55.1 Å². The van der Waals surface area contributed by atoms with Crippen molar-refractivity contribution in [2.24, 2.45) is 0 Å². The van der Waals surface area contributed by atoms with Crippen LogP contribution in [0.25, 0.3) is 0 Å². The molecule has 132 valence electrons. The van der Waals surface area contributed by atoms with Gasteiger partial charge in [-0.2, -0.15) is 4.31 Å². The number of nitrogens with zero attached hydrogens (tertiary/aromatic N) is 2. The van der Waals surface area contributed by atoms with Crippen molar-refractivity contribution in [3.05, 3.63) is 54.1 Å². The van der Waals surface area contributed by atoms with Crippen molar-refractivity contribution in [1.29, 1.82) is 0 Å². The van der Waals surface area contributed by atoms with Crippen LogP contribution in [0.3, 0.4) is 0 Å². The molecule has 0 unspecified atom stereocenters. The van der Waals surface area contributed by atoms with Crippen molar-refractivity contribution >= 4 is 21.7 Å². The molecule has 1 saturated heterocycles. The number of benzene rings is 2. The van der Waals surface area contributed by atoms with Gasteiger partial charge >= 0.3 is 5.97 Å². The maximum absolute atomic E-state index is 12.7. The number of hydrogen-bond acceptors (Lipinski definition) is 5. The monoisotopic (exact) mass is 362 g/mol. The second-order valence-electron chi connectivity index (χ2n) is 5.74. The number of aromatic hydroxyl groups is 1. The van der Waals surface area contributed by atoms with Gasteiger partial charge in [-0.3, -0.25) is 0 Å². The van der Waals surface area contributed by atoms with Gasteiger partial charge in [0.05, 0.1) is 10.5 Å². The number of carbonyl (C=O) groups is 1. The molecule has 7 nitrogen and oxygen atoms in total. The van der Waals surface area contributed by atoms with Crippen molar-refractivity contribution in [3.8, 4) is 5.75 Å². The summed E-state index contributed by atoms with van der Waals surface area (Å²) in [5.41, 5.74) is 0.867. The highest BCUT2D eigenvalue weighted by atomic mass is 32.2. The van der Waals surface area contributed by atoms with E-state index >= 15 is 0 Å². The molecule has 1 heterocycles. The minimum atomic E-state index is -3.73. The van der Waals surface area contributed by atoms with Crippen molar-refractivity contribution in [2.45, 2.75) is 4.90 Å². The molecular weight excluding hydrogens is 344 g/mol. The summed E-state index contributed by atoms with van der Waals surface area (Å²) >= 11 is 0. The molecule has 0 bridgehead atoms. The number of piperazine rings is 1. The molecule has 0 spiro atoms. The first-order valence-corrected chi connectivity index (χ1v) is 9.19. The van der Waals surface area contributed by atoms with E-state index in [9.17, 15) is 18.3 Å². The van der Waals surface area contributed by atoms with Crippen molar-refractivity contribution in [3.63, 3.8) is 0 Å². The van der Waals surface area contributed by atoms with Gasteiger partial charge < -0.3 is 15.1 Å². The summed E-state index contributed by atoms with van der Waals surface area (Å²) in [6.45, 7) is 1.65. The summed E-state index contributed by atoms with van der Waals surface area (Å²) in [5.74, 6) is -0.975. The first-order valence-electron chi connectivity index (χ1n) is 7.75. The number of rotatable bonds is 4. The average Bonchev–Trinajstić information content (AvgIpc) is 2.62. The molecule has 0 aliphatic carbocycles. The lowest BCUT2D eigenvalue weighted by Gasteiger charge is -2.35. The van der Waals surface area contributed by atoms with Crippen LogP contribution in [0.1, 0.15) is 10.4 Å². The van der Waals surface area contributed by atoms with Crippen LogP contribution in [0.15, 0.2) is 53.4 Å². The van der Waals surface area contributed by atoms with Crippen LogP contribution >= 0.6 is 0 Å². The molecule has 25 heavy (non-hydrogen) atoms. The summed E-state index contributed by atoms with van der Waals surface area (Å²) < 4.78 is 26.8. The van der Waals surface area contributed by atoms with Gasteiger partial charge in [-0.25, -0.2) is 13.2 Å². The highest BCUT2D eigenvalue weighted by Crippen LogP contribution is 2.23. The lowest BCUT2D eigenvalue weighted by atomic mass is 10.2. The largest absolute Gasteiger partial charge is 0.508 e. The van der Waals surface area contributed by atoms with Crippen molar-refractivity contribution in [2.75, 3.05) is 31.1 Å². The molecule has 2 N–H and O–H groups in total. The molecule has 0 saturated carbocycles. The van der Waals surface area contributed by atoms with Crippen LogP contribution in [0, 0.1) is 0 Å². The fraction of sp³-hybridized carbons (Fsp3) is 0.235. The van der Waals surface area contributed by atoms with E-state index in [-0.39, 0.29) is 16.2 Å². The van der Waals surface area contributed by atoms with Gasteiger partial charge in [0, 0.05) is 31.9 Å². The number of phenolic OH excluding ortho intramolecular Hbond substituents is 1.